The highest BCUT2D eigenvalue weighted by molar-refractivity contribution is 7.89. The van der Waals surface area contributed by atoms with E-state index >= 15 is 0 Å². The predicted octanol–water partition coefficient (Wildman–Crippen LogP) is 3.35. The Labute approximate surface area is 160 Å². The van der Waals surface area contributed by atoms with Crippen LogP contribution in [-0.2, 0) is 10.0 Å². The van der Waals surface area contributed by atoms with E-state index in [1.165, 1.54) is 23.5 Å². The summed E-state index contributed by atoms with van der Waals surface area (Å²) in [5, 5.41) is 2.86. The third kappa shape index (κ3) is 3.99. The molecule has 0 saturated carbocycles. The van der Waals surface area contributed by atoms with E-state index < -0.39 is 10.0 Å². The Hall–Kier alpha value is -2.38. The molecule has 2 aromatic rings. The molecular weight excluding hydrogens is 364 g/mol. The number of amides is 1. The quantitative estimate of drug-likeness (QED) is 0.852. The van der Waals surface area contributed by atoms with Crippen molar-refractivity contribution in [2.45, 2.75) is 31.6 Å². The van der Waals surface area contributed by atoms with Crippen molar-refractivity contribution in [1.29, 1.82) is 0 Å². The number of anilines is 1. The largest absolute Gasteiger partial charge is 0.495 e. The number of methoxy groups -OCH3 is 1. The van der Waals surface area contributed by atoms with Gasteiger partial charge in [-0.15, -0.1) is 0 Å². The van der Waals surface area contributed by atoms with Gasteiger partial charge >= 0.3 is 0 Å². The number of aryl methyl sites for hydroxylation is 2. The molecular formula is C20H24N2O4S. The summed E-state index contributed by atoms with van der Waals surface area (Å²) in [6.07, 6.45) is 1.68. The highest BCUT2D eigenvalue weighted by atomic mass is 32.2. The van der Waals surface area contributed by atoms with Gasteiger partial charge in [0.25, 0.3) is 5.91 Å². The third-order valence-electron chi connectivity index (χ3n) is 4.75. The second-order valence-corrected chi connectivity index (χ2v) is 8.66. The molecule has 1 aliphatic rings. The molecule has 0 bridgehead atoms. The minimum Gasteiger partial charge on any atom is -0.495 e. The number of sulfonamides is 1. The smallest absolute Gasteiger partial charge is 0.255 e. The molecule has 1 N–H and O–H groups in total. The van der Waals surface area contributed by atoms with Crippen molar-refractivity contribution >= 4 is 21.6 Å². The average molecular weight is 388 g/mol. The number of hydrogen-bond acceptors (Lipinski definition) is 4. The minimum absolute atomic E-state index is 0.0283. The van der Waals surface area contributed by atoms with Crippen molar-refractivity contribution < 1.29 is 17.9 Å². The Kier molecular flexibility index (Phi) is 5.53. The molecule has 144 valence electrons. The van der Waals surface area contributed by atoms with E-state index in [-0.39, 0.29) is 22.1 Å². The van der Waals surface area contributed by atoms with E-state index in [0.29, 0.717) is 18.8 Å². The molecule has 0 aromatic heterocycles. The molecule has 0 radical (unpaired) electrons. The number of rotatable bonds is 5. The highest BCUT2D eigenvalue weighted by Crippen LogP contribution is 2.30. The molecule has 3 rings (SSSR count). The number of nitrogens with one attached hydrogen (secondary N) is 1. The van der Waals surface area contributed by atoms with Gasteiger partial charge < -0.3 is 10.1 Å². The van der Waals surface area contributed by atoms with E-state index in [1.807, 2.05) is 32.0 Å². The Balaban J connectivity index is 1.95. The van der Waals surface area contributed by atoms with Crippen LogP contribution < -0.4 is 10.1 Å². The Bertz CT molecular complexity index is 964. The first-order valence-electron chi connectivity index (χ1n) is 8.90. The monoisotopic (exact) mass is 388 g/mol. The van der Waals surface area contributed by atoms with Crippen LogP contribution in [0.2, 0.25) is 0 Å². The fraction of sp³-hybridized carbons (Fsp3) is 0.350. The summed E-state index contributed by atoms with van der Waals surface area (Å²) in [5.74, 6) is -0.116. The predicted molar refractivity (Wildman–Crippen MR) is 105 cm³/mol. The number of ether oxygens (including phenoxy) is 1. The van der Waals surface area contributed by atoms with Crippen molar-refractivity contribution in [1.82, 2.24) is 4.31 Å². The molecule has 6 nitrogen and oxygen atoms in total. The number of benzene rings is 2. The molecule has 7 heteroatoms. The molecule has 2 aromatic carbocycles. The summed E-state index contributed by atoms with van der Waals surface area (Å²) in [7, 11) is -2.27. The molecule has 27 heavy (non-hydrogen) atoms. The first kappa shape index (κ1) is 19.4. The zero-order valence-corrected chi connectivity index (χ0v) is 16.6. The van der Waals surface area contributed by atoms with Gasteiger partial charge in [0.05, 0.1) is 7.11 Å². The molecule has 1 saturated heterocycles. The van der Waals surface area contributed by atoms with Crippen LogP contribution in [0, 0.1) is 13.8 Å². The van der Waals surface area contributed by atoms with Gasteiger partial charge in [0.2, 0.25) is 10.0 Å². The van der Waals surface area contributed by atoms with Crippen LogP contribution in [0.3, 0.4) is 0 Å². The van der Waals surface area contributed by atoms with E-state index in [0.717, 1.165) is 24.0 Å². The number of carbonyl (C=O) groups is 1. The standard InChI is InChI=1S/C20H24N2O4S/c1-14-6-7-15(2)17(12-14)21-20(23)16-8-9-18(26-3)19(13-16)27(24,25)22-10-4-5-11-22/h6-9,12-13H,4-5,10-11H2,1-3H3,(H,21,23). The van der Waals surface area contributed by atoms with Gasteiger partial charge in [0, 0.05) is 24.3 Å². The van der Waals surface area contributed by atoms with Crippen molar-refractivity contribution in [2.75, 3.05) is 25.5 Å². The fourth-order valence-electron chi connectivity index (χ4n) is 3.15. The van der Waals surface area contributed by atoms with Gasteiger partial charge in [-0.25, -0.2) is 8.42 Å². The lowest BCUT2D eigenvalue weighted by atomic mass is 10.1. The first-order valence-corrected chi connectivity index (χ1v) is 10.3. The maximum atomic E-state index is 13.0. The summed E-state index contributed by atoms with van der Waals surface area (Å²) < 4.78 is 32.6. The van der Waals surface area contributed by atoms with E-state index in [4.69, 9.17) is 4.74 Å². The molecule has 0 atom stereocenters. The Morgan fingerprint density at radius 1 is 1.07 bits per heavy atom. The zero-order chi connectivity index (χ0) is 19.6. The molecule has 1 heterocycles. The topological polar surface area (TPSA) is 75.7 Å². The van der Waals surface area contributed by atoms with Gasteiger partial charge in [-0.1, -0.05) is 12.1 Å². The normalized spacial score (nSPS) is 14.9. The summed E-state index contributed by atoms with van der Waals surface area (Å²) in [6.45, 7) is 4.84. The molecule has 0 unspecified atom stereocenters. The van der Waals surface area contributed by atoms with Crippen molar-refractivity contribution in [3.63, 3.8) is 0 Å². The summed E-state index contributed by atoms with van der Waals surface area (Å²) >= 11 is 0. The molecule has 0 aliphatic carbocycles. The second kappa shape index (κ2) is 7.70. The van der Waals surface area contributed by atoms with Crippen LogP contribution in [0.4, 0.5) is 5.69 Å². The maximum absolute atomic E-state index is 13.0. The number of carbonyl (C=O) groups excluding carboxylic acids is 1. The van der Waals surface area contributed by atoms with Crippen LogP contribution in [0.15, 0.2) is 41.3 Å². The zero-order valence-electron chi connectivity index (χ0n) is 15.8. The van der Waals surface area contributed by atoms with E-state index in [9.17, 15) is 13.2 Å². The first-order chi connectivity index (χ1) is 12.8. The minimum atomic E-state index is -3.70. The number of hydrogen-bond donors (Lipinski definition) is 1. The van der Waals surface area contributed by atoms with Gasteiger partial charge in [-0.3, -0.25) is 4.79 Å². The molecule has 0 spiro atoms. The summed E-state index contributed by atoms with van der Waals surface area (Å²) in [5.41, 5.74) is 2.95. The highest BCUT2D eigenvalue weighted by Gasteiger charge is 2.30. The van der Waals surface area contributed by atoms with Crippen molar-refractivity contribution in [2.24, 2.45) is 0 Å². The van der Waals surface area contributed by atoms with E-state index in [2.05, 4.69) is 5.32 Å². The lowest BCUT2D eigenvalue weighted by molar-refractivity contribution is 0.102. The Morgan fingerprint density at radius 3 is 2.44 bits per heavy atom. The third-order valence-corrected chi connectivity index (χ3v) is 6.67. The summed E-state index contributed by atoms with van der Waals surface area (Å²) in [4.78, 5) is 12.7. The van der Waals surface area contributed by atoms with Gasteiger partial charge in [0.1, 0.15) is 10.6 Å². The van der Waals surface area contributed by atoms with Gasteiger partial charge in [0.15, 0.2) is 0 Å². The van der Waals surface area contributed by atoms with Crippen LogP contribution in [-0.4, -0.2) is 38.8 Å². The lowest BCUT2D eigenvalue weighted by Gasteiger charge is -2.18. The van der Waals surface area contributed by atoms with Crippen LogP contribution in [0.25, 0.3) is 0 Å². The molecule has 1 fully saturated rings. The second-order valence-electron chi connectivity index (χ2n) is 6.75. The Morgan fingerprint density at radius 2 is 1.78 bits per heavy atom. The van der Waals surface area contributed by atoms with Crippen molar-refractivity contribution in [3.05, 3.63) is 53.1 Å². The van der Waals surface area contributed by atoms with Crippen LogP contribution >= 0.6 is 0 Å². The van der Waals surface area contributed by atoms with Gasteiger partial charge in [-0.2, -0.15) is 4.31 Å². The molecule has 1 amide bonds. The van der Waals surface area contributed by atoms with E-state index in [1.54, 1.807) is 6.07 Å². The fourth-order valence-corrected chi connectivity index (χ4v) is 4.85. The van der Waals surface area contributed by atoms with Crippen LogP contribution in [0.5, 0.6) is 5.75 Å². The number of nitrogens with zero attached hydrogens (tertiary/aromatic N) is 1. The summed E-state index contributed by atoms with van der Waals surface area (Å²) in [6, 6.07) is 10.3. The average Bonchev–Trinajstić information content (AvgIpc) is 3.19. The SMILES string of the molecule is COc1ccc(C(=O)Nc2cc(C)ccc2C)cc1S(=O)(=O)N1CCCC1. The van der Waals surface area contributed by atoms with Gasteiger partial charge in [-0.05, 0) is 62.1 Å². The lowest BCUT2D eigenvalue weighted by Crippen LogP contribution is -2.28. The van der Waals surface area contributed by atoms with Crippen molar-refractivity contribution in [3.8, 4) is 5.75 Å². The molecule has 1 aliphatic heterocycles. The van der Waals surface area contributed by atoms with Crippen LogP contribution in [0.1, 0.15) is 34.3 Å². The maximum Gasteiger partial charge on any atom is 0.255 e.